The zero-order chi connectivity index (χ0) is 39.5. The van der Waals surface area contributed by atoms with Gasteiger partial charge in [-0.25, -0.2) is 4.57 Å². The number of carbonyl (C=O) groups excluding carboxylic acids is 1. The van der Waals surface area contributed by atoms with Crippen molar-refractivity contribution in [1.29, 1.82) is 0 Å². The monoisotopic (exact) mass is 782 g/mol. The van der Waals surface area contributed by atoms with E-state index in [1.54, 1.807) is 0 Å². The van der Waals surface area contributed by atoms with Gasteiger partial charge in [-0.15, -0.1) is 0 Å². The molecule has 9 heteroatoms. The first kappa shape index (κ1) is 52.5. The van der Waals surface area contributed by atoms with E-state index in [0.717, 1.165) is 57.8 Å². The van der Waals surface area contributed by atoms with E-state index in [4.69, 9.17) is 24.3 Å². The molecule has 0 aromatic carbocycles. The maximum Gasteiger partial charge on any atom is 0.472 e. The molecule has 0 bridgehead atoms. The van der Waals surface area contributed by atoms with Gasteiger partial charge in [-0.3, -0.25) is 13.8 Å². The molecule has 0 aromatic heterocycles. The van der Waals surface area contributed by atoms with Gasteiger partial charge < -0.3 is 20.1 Å². The molecule has 0 aliphatic heterocycles. The molecule has 0 saturated carbocycles. The Labute approximate surface area is 332 Å². The topological polar surface area (TPSA) is 117 Å². The molecule has 316 valence electrons. The molecular formula is C45H84NO7P. The first-order valence-electron chi connectivity index (χ1n) is 22.1. The van der Waals surface area contributed by atoms with Crippen molar-refractivity contribution >= 4 is 13.8 Å². The SMILES string of the molecule is CCCCC/C=C\C/C=C\CCCCCCCCCCCC(=O)OC(COCCCCCCCC/C=C\C/C=C\CCCCC)COP(=O)(O)OCCN. The molecule has 2 unspecified atom stereocenters. The Kier molecular flexibility index (Phi) is 41.4. The number of esters is 1. The molecule has 0 spiro atoms. The van der Waals surface area contributed by atoms with E-state index in [2.05, 4.69) is 62.5 Å². The molecule has 0 aliphatic carbocycles. The van der Waals surface area contributed by atoms with Crippen LogP contribution in [0.3, 0.4) is 0 Å². The van der Waals surface area contributed by atoms with E-state index in [1.165, 1.54) is 116 Å². The van der Waals surface area contributed by atoms with Gasteiger partial charge in [0.15, 0.2) is 0 Å². The van der Waals surface area contributed by atoms with Gasteiger partial charge in [0, 0.05) is 19.6 Å². The molecule has 2 atom stereocenters. The molecule has 0 aromatic rings. The lowest BCUT2D eigenvalue weighted by Crippen LogP contribution is -2.28. The van der Waals surface area contributed by atoms with Gasteiger partial charge in [0.1, 0.15) is 6.10 Å². The number of carbonyl (C=O) groups is 1. The molecule has 0 rings (SSSR count). The highest BCUT2D eigenvalue weighted by molar-refractivity contribution is 7.47. The van der Waals surface area contributed by atoms with Crippen molar-refractivity contribution < 1.29 is 32.8 Å². The van der Waals surface area contributed by atoms with Gasteiger partial charge in [0.2, 0.25) is 0 Å². The van der Waals surface area contributed by atoms with Crippen LogP contribution in [-0.2, 0) is 27.9 Å². The minimum atomic E-state index is -4.28. The molecule has 0 aliphatic rings. The molecule has 0 fully saturated rings. The largest absolute Gasteiger partial charge is 0.472 e. The Balaban J connectivity index is 4.04. The Morgan fingerprint density at radius 2 is 0.981 bits per heavy atom. The summed E-state index contributed by atoms with van der Waals surface area (Å²) >= 11 is 0. The zero-order valence-electron chi connectivity index (χ0n) is 35.0. The third-order valence-electron chi connectivity index (χ3n) is 9.22. The normalized spacial score (nSPS) is 13.9. The summed E-state index contributed by atoms with van der Waals surface area (Å²) in [7, 11) is -4.28. The van der Waals surface area contributed by atoms with Crippen LogP contribution >= 0.6 is 7.82 Å². The second-order valence-corrected chi connectivity index (χ2v) is 16.0. The lowest BCUT2D eigenvalue weighted by Gasteiger charge is -2.20. The van der Waals surface area contributed by atoms with Crippen molar-refractivity contribution in [3.63, 3.8) is 0 Å². The van der Waals surface area contributed by atoms with Crippen LogP contribution in [0.2, 0.25) is 0 Å². The molecule has 0 amide bonds. The molecule has 0 saturated heterocycles. The van der Waals surface area contributed by atoms with E-state index < -0.39 is 13.9 Å². The number of phosphoric ester groups is 1. The maximum absolute atomic E-state index is 12.6. The van der Waals surface area contributed by atoms with E-state index in [9.17, 15) is 14.3 Å². The van der Waals surface area contributed by atoms with Gasteiger partial charge in [-0.2, -0.15) is 0 Å². The smallest absolute Gasteiger partial charge is 0.457 e. The van der Waals surface area contributed by atoms with E-state index in [-0.39, 0.29) is 32.3 Å². The van der Waals surface area contributed by atoms with Gasteiger partial charge in [0.25, 0.3) is 0 Å². The van der Waals surface area contributed by atoms with Crippen molar-refractivity contribution in [3.05, 3.63) is 48.6 Å². The summed E-state index contributed by atoms with van der Waals surface area (Å²) in [6.07, 6.45) is 49.8. The summed E-state index contributed by atoms with van der Waals surface area (Å²) in [5, 5.41) is 0. The summed E-state index contributed by atoms with van der Waals surface area (Å²) in [6.45, 7) is 4.85. The molecule has 54 heavy (non-hydrogen) atoms. The number of phosphoric acid groups is 1. The van der Waals surface area contributed by atoms with Crippen molar-refractivity contribution in [2.45, 2.75) is 200 Å². The lowest BCUT2D eigenvalue weighted by atomic mass is 10.1. The van der Waals surface area contributed by atoms with Crippen LogP contribution in [0.15, 0.2) is 48.6 Å². The second kappa shape index (κ2) is 42.6. The van der Waals surface area contributed by atoms with Gasteiger partial charge in [0.05, 0.1) is 19.8 Å². The highest BCUT2D eigenvalue weighted by atomic mass is 31.2. The first-order valence-corrected chi connectivity index (χ1v) is 23.6. The van der Waals surface area contributed by atoms with Crippen molar-refractivity contribution in [3.8, 4) is 0 Å². The quantitative estimate of drug-likeness (QED) is 0.0272. The third-order valence-corrected chi connectivity index (χ3v) is 10.2. The number of ether oxygens (including phenoxy) is 2. The Morgan fingerprint density at radius 1 is 0.556 bits per heavy atom. The van der Waals surface area contributed by atoms with E-state index in [0.29, 0.717) is 13.0 Å². The van der Waals surface area contributed by atoms with Crippen LogP contribution in [0.4, 0.5) is 0 Å². The fourth-order valence-electron chi connectivity index (χ4n) is 5.94. The van der Waals surface area contributed by atoms with Crippen LogP contribution in [0.25, 0.3) is 0 Å². The van der Waals surface area contributed by atoms with Crippen LogP contribution < -0.4 is 5.73 Å². The van der Waals surface area contributed by atoms with Crippen LogP contribution in [0.1, 0.15) is 194 Å². The fourth-order valence-corrected chi connectivity index (χ4v) is 6.70. The highest BCUT2D eigenvalue weighted by Gasteiger charge is 2.25. The summed E-state index contributed by atoms with van der Waals surface area (Å²) in [5.41, 5.74) is 5.37. The third kappa shape index (κ3) is 41.6. The summed E-state index contributed by atoms with van der Waals surface area (Å²) in [4.78, 5) is 22.5. The maximum atomic E-state index is 12.6. The predicted molar refractivity (Wildman–Crippen MR) is 229 cm³/mol. The highest BCUT2D eigenvalue weighted by Crippen LogP contribution is 2.43. The molecule has 0 radical (unpaired) electrons. The Bertz CT molecular complexity index is 968. The summed E-state index contributed by atoms with van der Waals surface area (Å²) in [6, 6.07) is 0. The minimum Gasteiger partial charge on any atom is -0.457 e. The van der Waals surface area contributed by atoms with Crippen molar-refractivity contribution in [1.82, 2.24) is 0 Å². The molecular weight excluding hydrogens is 697 g/mol. The van der Waals surface area contributed by atoms with Crippen molar-refractivity contribution in [2.75, 3.05) is 33.0 Å². The average Bonchev–Trinajstić information content (AvgIpc) is 3.16. The zero-order valence-corrected chi connectivity index (χ0v) is 35.8. The number of nitrogens with two attached hydrogens (primary N) is 1. The van der Waals surface area contributed by atoms with E-state index >= 15 is 0 Å². The van der Waals surface area contributed by atoms with Crippen LogP contribution in [0.5, 0.6) is 0 Å². The van der Waals surface area contributed by atoms with E-state index in [1.807, 2.05) is 0 Å². The molecule has 8 nitrogen and oxygen atoms in total. The van der Waals surface area contributed by atoms with Gasteiger partial charge in [-0.05, 0) is 77.0 Å². The number of allylic oxidation sites excluding steroid dienone is 8. The Morgan fingerprint density at radius 3 is 1.44 bits per heavy atom. The summed E-state index contributed by atoms with van der Waals surface area (Å²) < 4.78 is 33.4. The average molecular weight is 782 g/mol. The predicted octanol–water partition coefficient (Wildman–Crippen LogP) is 13.2. The molecule has 0 heterocycles. The van der Waals surface area contributed by atoms with Crippen LogP contribution in [0, 0.1) is 0 Å². The van der Waals surface area contributed by atoms with Gasteiger partial charge in [-0.1, -0.05) is 159 Å². The number of unbranched alkanes of at least 4 members (excludes halogenated alkanes) is 21. The lowest BCUT2D eigenvalue weighted by molar-refractivity contribution is -0.154. The van der Waals surface area contributed by atoms with Crippen LogP contribution in [-0.4, -0.2) is 49.9 Å². The van der Waals surface area contributed by atoms with Crippen molar-refractivity contribution in [2.24, 2.45) is 5.73 Å². The Hall–Kier alpha value is -1.54. The number of hydrogen-bond acceptors (Lipinski definition) is 7. The number of rotatable bonds is 42. The standard InChI is InChI=1S/C45H84NO7P/c1-3-5-7-9-11-13-15-17-19-21-22-23-24-26-28-30-32-34-36-38-45(47)53-44(43-52-54(48,49)51-41-39-46)42-50-40-37-35-33-31-29-27-25-20-18-16-14-12-10-8-6-4-2/h11-14,17-20,44H,3-10,15-16,21-43,46H2,1-2H3,(H,48,49)/b13-11-,14-12-,19-17-,20-18-. The molecule has 3 N–H and O–H groups in total. The minimum absolute atomic E-state index is 0.0964. The number of hydrogen-bond donors (Lipinski definition) is 2. The first-order chi connectivity index (χ1) is 26.4. The fraction of sp³-hybridized carbons (Fsp3) is 0.800. The van der Waals surface area contributed by atoms with Gasteiger partial charge >= 0.3 is 13.8 Å². The summed E-state index contributed by atoms with van der Waals surface area (Å²) in [5.74, 6) is -0.339. The second-order valence-electron chi connectivity index (χ2n) is 14.6.